The Balaban J connectivity index is 2.38. The molecule has 0 aromatic heterocycles. The van der Waals surface area contributed by atoms with Crippen molar-refractivity contribution < 1.29 is 18.0 Å². The van der Waals surface area contributed by atoms with E-state index in [4.69, 9.17) is 0 Å². The van der Waals surface area contributed by atoms with E-state index >= 15 is 0 Å². The van der Waals surface area contributed by atoms with Gasteiger partial charge in [-0.25, -0.2) is 8.42 Å². The van der Waals surface area contributed by atoms with Crippen LogP contribution in [0.1, 0.15) is 61.9 Å². The summed E-state index contributed by atoms with van der Waals surface area (Å²) in [5.41, 5.74) is 0.0749. The Hall–Kier alpha value is -1.89. The minimum atomic E-state index is -3.42. The van der Waals surface area contributed by atoms with Gasteiger partial charge in [-0.05, 0) is 51.3 Å². The minimum absolute atomic E-state index is 0.0440. The standard InChI is InChI=1S/C20H30N2O4S/c1-5-22(6-2)19(24)20(12-8-7-9-13-20)21-18(23)17-14-16(27(4,25)26)11-10-15(17)3/h10-11,14H,5-9,12-13H2,1-4H3,(H,21,23). The summed E-state index contributed by atoms with van der Waals surface area (Å²) >= 11 is 0. The predicted octanol–water partition coefficient (Wildman–Crippen LogP) is 2.70. The van der Waals surface area contributed by atoms with Crippen LogP contribution in [0.4, 0.5) is 0 Å². The monoisotopic (exact) mass is 394 g/mol. The Morgan fingerprint density at radius 2 is 1.70 bits per heavy atom. The van der Waals surface area contributed by atoms with Crippen LogP contribution < -0.4 is 5.32 Å². The molecular weight excluding hydrogens is 364 g/mol. The highest BCUT2D eigenvalue weighted by Gasteiger charge is 2.43. The largest absolute Gasteiger partial charge is 0.341 e. The zero-order chi connectivity index (χ0) is 20.2. The lowest BCUT2D eigenvalue weighted by Crippen LogP contribution is -2.60. The van der Waals surface area contributed by atoms with E-state index in [2.05, 4.69) is 5.32 Å². The molecule has 1 fully saturated rings. The van der Waals surface area contributed by atoms with Gasteiger partial charge in [0.2, 0.25) is 5.91 Å². The lowest BCUT2D eigenvalue weighted by atomic mass is 9.80. The van der Waals surface area contributed by atoms with E-state index in [0.717, 1.165) is 25.5 Å². The molecular formula is C20H30N2O4S. The van der Waals surface area contributed by atoms with E-state index in [9.17, 15) is 18.0 Å². The fourth-order valence-electron chi connectivity index (χ4n) is 3.72. The Bertz CT molecular complexity index is 807. The number of aryl methyl sites for hydroxylation is 1. The van der Waals surface area contributed by atoms with Crippen molar-refractivity contribution in [2.24, 2.45) is 0 Å². The van der Waals surface area contributed by atoms with Crippen LogP contribution in [0.3, 0.4) is 0 Å². The Labute approximate surface area is 162 Å². The van der Waals surface area contributed by atoms with E-state index in [1.807, 2.05) is 13.8 Å². The third-order valence-electron chi connectivity index (χ3n) is 5.40. The molecule has 150 valence electrons. The molecule has 0 spiro atoms. The molecule has 0 saturated heterocycles. The molecule has 27 heavy (non-hydrogen) atoms. The van der Waals surface area contributed by atoms with Crippen LogP contribution in [0.25, 0.3) is 0 Å². The molecule has 2 rings (SSSR count). The first kappa shape index (κ1) is 21.4. The number of benzene rings is 1. The quantitative estimate of drug-likeness (QED) is 0.804. The average Bonchev–Trinajstić information content (AvgIpc) is 2.62. The summed E-state index contributed by atoms with van der Waals surface area (Å²) in [5.74, 6) is -0.433. The summed E-state index contributed by atoms with van der Waals surface area (Å²) in [6, 6.07) is 4.53. The first-order chi connectivity index (χ1) is 12.6. The number of hydrogen-bond acceptors (Lipinski definition) is 4. The number of rotatable bonds is 6. The van der Waals surface area contributed by atoms with Crippen molar-refractivity contribution >= 4 is 21.7 Å². The highest BCUT2D eigenvalue weighted by molar-refractivity contribution is 7.90. The summed E-state index contributed by atoms with van der Waals surface area (Å²) in [6.07, 6.45) is 5.15. The van der Waals surface area contributed by atoms with Gasteiger partial charge in [0, 0.05) is 24.9 Å². The van der Waals surface area contributed by atoms with E-state index in [0.29, 0.717) is 37.1 Å². The fourth-order valence-corrected chi connectivity index (χ4v) is 4.37. The van der Waals surface area contributed by atoms with Crippen LogP contribution in [0.5, 0.6) is 0 Å². The van der Waals surface area contributed by atoms with Gasteiger partial charge in [-0.15, -0.1) is 0 Å². The molecule has 1 aliphatic rings. The highest BCUT2D eigenvalue weighted by atomic mass is 32.2. The van der Waals surface area contributed by atoms with Crippen molar-refractivity contribution in [1.29, 1.82) is 0 Å². The molecule has 0 aliphatic heterocycles. The number of likely N-dealkylation sites (N-methyl/N-ethyl adjacent to an activating group) is 1. The lowest BCUT2D eigenvalue weighted by molar-refractivity contribution is -0.139. The van der Waals surface area contributed by atoms with Crippen molar-refractivity contribution in [3.63, 3.8) is 0 Å². The molecule has 1 aliphatic carbocycles. The Kier molecular flexibility index (Phi) is 6.68. The summed E-state index contributed by atoms with van der Waals surface area (Å²) in [6.45, 7) is 6.81. The van der Waals surface area contributed by atoms with Crippen LogP contribution in [-0.4, -0.2) is 50.0 Å². The average molecular weight is 395 g/mol. The predicted molar refractivity (Wildman–Crippen MR) is 105 cm³/mol. The first-order valence-electron chi connectivity index (χ1n) is 9.57. The third kappa shape index (κ3) is 4.69. The second-order valence-corrected chi connectivity index (χ2v) is 9.34. The Morgan fingerprint density at radius 1 is 1.11 bits per heavy atom. The van der Waals surface area contributed by atoms with E-state index < -0.39 is 15.4 Å². The molecule has 2 amide bonds. The topological polar surface area (TPSA) is 83.6 Å². The minimum Gasteiger partial charge on any atom is -0.341 e. The van der Waals surface area contributed by atoms with Gasteiger partial charge in [-0.3, -0.25) is 9.59 Å². The number of amides is 2. The highest BCUT2D eigenvalue weighted by Crippen LogP contribution is 2.31. The van der Waals surface area contributed by atoms with Crippen LogP contribution in [0.15, 0.2) is 23.1 Å². The summed E-state index contributed by atoms with van der Waals surface area (Å²) in [5, 5.41) is 2.99. The van der Waals surface area contributed by atoms with Crippen LogP contribution in [0, 0.1) is 6.92 Å². The third-order valence-corrected chi connectivity index (χ3v) is 6.51. The fraction of sp³-hybridized carbons (Fsp3) is 0.600. The van der Waals surface area contributed by atoms with Crippen molar-refractivity contribution in [2.75, 3.05) is 19.3 Å². The summed E-state index contributed by atoms with van der Waals surface area (Å²) in [4.78, 5) is 28.1. The molecule has 0 atom stereocenters. The van der Waals surface area contributed by atoms with Crippen LogP contribution in [-0.2, 0) is 14.6 Å². The van der Waals surface area contributed by atoms with Crippen LogP contribution >= 0.6 is 0 Å². The molecule has 0 radical (unpaired) electrons. The molecule has 7 heteroatoms. The van der Waals surface area contributed by atoms with Gasteiger partial charge in [0.15, 0.2) is 9.84 Å². The number of nitrogens with zero attached hydrogens (tertiary/aromatic N) is 1. The lowest BCUT2D eigenvalue weighted by Gasteiger charge is -2.40. The van der Waals surface area contributed by atoms with Gasteiger partial charge in [-0.1, -0.05) is 25.3 Å². The number of carbonyl (C=O) groups is 2. The van der Waals surface area contributed by atoms with Crippen molar-refractivity contribution in [3.8, 4) is 0 Å². The van der Waals surface area contributed by atoms with Gasteiger partial charge >= 0.3 is 0 Å². The van der Waals surface area contributed by atoms with Gasteiger partial charge in [0.1, 0.15) is 5.54 Å². The van der Waals surface area contributed by atoms with Crippen LogP contribution in [0.2, 0.25) is 0 Å². The molecule has 6 nitrogen and oxygen atoms in total. The second kappa shape index (κ2) is 8.42. The first-order valence-corrected chi connectivity index (χ1v) is 11.5. The molecule has 1 saturated carbocycles. The van der Waals surface area contributed by atoms with Gasteiger partial charge in [0.05, 0.1) is 4.90 Å². The SMILES string of the molecule is CCN(CC)C(=O)C1(NC(=O)c2cc(S(C)(=O)=O)ccc2C)CCCCC1. The maximum Gasteiger partial charge on any atom is 0.252 e. The number of sulfone groups is 1. The van der Waals surface area contributed by atoms with E-state index in [-0.39, 0.29) is 16.7 Å². The molecule has 1 aromatic carbocycles. The maximum atomic E-state index is 13.2. The van der Waals surface area contributed by atoms with Crippen molar-refractivity contribution in [1.82, 2.24) is 10.2 Å². The number of carbonyl (C=O) groups excluding carboxylic acids is 2. The summed E-state index contributed by atoms with van der Waals surface area (Å²) < 4.78 is 23.7. The van der Waals surface area contributed by atoms with Crippen molar-refractivity contribution in [3.05, 3.63) is 29.3 Å². The zero-order valence-corrected chi connectivity index (χ0v) is 17.5. The van der Waals surface area contributed by atoms with Gasteiger partial charge < -0.3 is 10.2 Å². The van der Waals surface area contributed by atoms with Gasteiger partial charge in [0.25, 0.3) is 5.91 Å². The normalized spacial score (nSPS) is 16.6. The molecule has 1 N–H and O–H groups in total. The number of nitrogens with one attached hydrogen (secondary N) is 1. The molecule has 0 heterocycles. The second-order valence-electron chi connectivity index (χ2n) is 7.32. The zero-order valence-electron chi connectivity index (χ0n) is 16.7. The van der Waals surface area contributed by atoms with E-state index in [1.165, 1.54) is 12.1 Å². The number of hydrogen-bond donors (Lipinski definition) is 1. The Morgan fingerprint density at radius 3 is 2.22 bits per heavy atom. The molecule has 0 unspecified atom stereocenters. The maximum absolute atomic E-state index is 13.2. The van der Waals surface area contributed by atoms with Gasteiger partial charge in [-0.2, -0.15) is 0 Å². The van der Waals surface area contributed by atoms with Crippen molar-refractivity contribution in [2.45, 2.75) is 63.3 Å². The van der Waals surface area contributed by atoms with E-state index in [1.54, 1.807) is 17.9 Å². The molecule has 0 bridgehead atoms. The summed E-state index contributed by atoms with van der Waals surface area (Å²) in [7, 11) is -3.42. The smallest absolute Gasteiger partial charge is 0.252 e. The molecule has 1 aromatic rings.